The molecular weight excluding hydrogens is 342 g/mol. The summed E-state index contributed by atoms with van der Waals surface area (Å²) >= 11 is 0. The molecule has 1 aromatic carbocycles. The first-order valence-corrected chi connectivity index (χ1v) is 9.95. The minimum atomic E-state index is -0.317. The Morgan fingerprint density at radius 3 is 2.56 bits per heavy atom. The normalized spacial score (nSPS) is 18.8. The molecule has 1 aliphatic rings. The summed E-state index contributed by atoms with van der Waals surface area (Å²) < 4.78 is 5.24. The summed E-state index contributed by atoms with van der Waals surface area (Å²) in [7, 11) is 0. The lowest BCUT2D eigenvalue weighted by molar-refractivity contribution is -0.150. The monoisotopic (exact) mass is 373 g/mol. The summed E-state index contributed by atoms with van der Waals surface area (Å²) in [4.78, 5) is 38.8. The number of ketones is 1. The summed E-state index contributed by atoms with van der Waals surface area (Å²) in [6.45, 7) is 6.15. The quantitative estimate of drug-likeness (QED) is 0.622. The van der Waals surface area contributed by atoms with E-state index in [0.717, 1.165) is 19.3 Å². The van der Waals surface area contributed by atoms with Crippen LogP contribution in [-0.4, -0.2) is 41.8 Å². The van der Waals surface area contributed by atoms with E-state index in [-0.39, 0.29) is 35.5 Å². The molecule has 3 atom stereocenters. The van der Waals surface area contributed by atoms with Gasteiger partial charge in [-0.1, -0.05) is 37.3 Å². The molecule has 1 fully saturated rings. The van der Waals surface area contributed by atoms with E-state index < -0.39 is 0 Å². The topological polar surface area (TPSA) is 63.7 Å². The maximum Gasteiger partial charge on any atom is 0.308 e. The van der Waals surface area contributed by atoms with Gasteiger partial charge >= 0.3 is 5.97 Å². The van der Waals surface area contributed by atoms with Crippen LogP contribution in [0.3, 0.4) is 0 Å². The molecule has 1 heterocycles. The van der Waals surface area contributed by atoms with E-state index in [1.54, 1.807) is 18.7 Å². The van der Waals surface area contributed by atoms with E-state index in [0.29, 0.717) is 26.0 Å². The van der Waals surface area contributed by atoms with Gasteiger partial charge < -0.3 is 9.64 Å². The van der Waals surface area contributed by atoms with Crippen molar-refractivity contribution in [3.8, 4) is 0 Å². The van der Waals surface area contributed by atoms with Crippen molar-refractivity contribution in [2.75, 3.05) is 13.2 Å². The predicted molar refractivity (Wildman–Crippen MR) is 104 cm³/mol. The van der Waals surface area contributed by atoms with Crippen LogP contribution >= 0.6 is 0 Å². The van der Waals surface area contributed by atoms with Crippen LogP contribution < -0.4 is 0 Å². The van der Waals surface area contributed by atoms with Gasteiger partial charge in [0, 0.05) is 12.5 Å². The highest BCUT2D eigenvalue weighted by molar-refractivity contribution is 5.89. The smallest absolute Gasteiger partial charge is 0.308 e. The summed E-state index contributed by atoms with van der Waals surface area (Å²) in [5.74, 6) is -0.851. The van der Waals surface area contributed by atoms with Gasteiger partial charge in [0.05, 0.1) is 18.6 Å². The number of carbonyl (C=O) groups is 3. The fourth-order valence-electron chi connectivity index (χ4n) is 3.84. The fraction of sp³-hybridized carbons (Fsp3) is 0.591. The largest absolute Gasteiger partial charge is 0.466 e. The van der Waals surface area contributed by atoms with Gasteiger partial charge in [-0.25, -0.2) is 0 Å². The first-order valence-electron chi connectivity index (χ1n) is 9.95. The van der Waals surface area contributed by atoms with Crippen molar-refractivity contribution in [3.63, 3.8) is 0 Å². The average Bonchev–Trinajstić information content (AvgIpc) is 3.15. The second-order valence-corrected chi connectivity index (χ2v) is 7.41. The zero-order valence-electron chi connectivity index (χ0n) is 16.6. The summed E-state index contributed by atoms with van der Waals surface area (Å²) in [6.07, 6.45) is 3.47. The molecule has 27 heavy (non-hydrogen) atoms. The first-order chi connectivity index (χ1) is 12.9. The summed E-state index contributed by atoms with van der Waals surface area (Å²) in [5, 5.41) is 0. The molecule has 0 radical (unpaired) electrons. The van der Waals surface area contributed by atoms with Crippen molar-refractivity contribution in [1.29, 1.82) is 0 Å². The zero-order chi connectivity index (χ0) is 19.8. The highest BCUT2D eigenvalue weighted by Crippen LogP contribution is 2.25. The number of benzene rings is 1. The fourth-order valence-corrected chi connectivity index (χ4v) is 3.84. The lowest BCUT2D eigenvalue weighted by Crippen LogP contribution is -2.43. The van der Waals surface area contributed by atoms with E-state index in [9.17, 15) is 14.4 Å². The molecular formula is C22H31NO4. The Morgan fingerprint density at radius 1 is 1.22 bits per heavy atom. The van der Waals surface area contributed by atoms with Gasteiger partial charge in [0.2, 0.25) is 5.91 Å². The minimum Gasteiger partial charge on any atom is -0.466 e. The molecule has 0 saturated carbocycles. The number of hydrogen-bond donors (Lipinski definition) is 0. The van der Waals surface area contributed by atoms with Gasteiger partial charge in [0.1, 0.15) is 0 Å². The minimum absolute atomic E-state index is 0.0262. The van der Waals surface area contributed by atoms with Crippen LogP contribution in [0, 0.1) is 11.8 Å². The van der Waals surface area contributed by atoms with Crippen molar-refractivity contribution in [2.45, 2.75) is 58.9 Å². The number of carbonyl (C=O) groups excluding carboxylic acids is 3. The third kappa shape index (κ3) is 5.91. The van der Waals surface area contributed by atoms with E-state index >= 15 is 0 Å². The Kier molecular flexibility index (Phi) is 8.01. The van der Waals surface area contributed by atoms with Gasteiger partial charge in [-0.05, 0) is 51.5 Å². The zero-order valence-corrected chi connectivity index (χ0v) is 16.6. The van der Waals surface area contributed by atoms with Crippen LogP contribution in [0.1, 0.15) is 52.0 Å². The SMILES string of the molecule is CCOC(=O)C(CCc1ccccc1)CC(C)C(=O)N1CCCC1C(C)=O. The Morgan fingerprint density at radius 2 is 1.93 bits per heavy atom. The van der Waals surface area contributed by atoms with E-state index in [4.69, 9.17) is 4.74 Å². The van der Waals surface area contributed by atoms with Gasteiger partial charge in [-0.2, -0.15) is 0 Å². The molecule has 1 aromatic rings. The third-order valence-corrected chi connectivity index (χ3v) is 5.31. The lowest BCUT2D eigenvalue weighted by atomic mass is 9.89. The first kappa shape index (κ1) is 21.1. The molecule has 1 saturated heterocycles. The third-order valence-electron chi connectivity index (χ3n) is 5.31. The molecule has 2 rings (SSSR count). The number of likely N-dealkylation sites (tertiary alicyclic amines) is 1. The Hall–Kier alpha value is -2.17. The van der Waals surface area contributed by atoms with Crippen LogP contribution in [0.5, 0.6) is 0 Å². The van der Waals surface area contributed by atoms with Gasteiger partial charge in [-0.3, -0.25) is 14.4 Å². The number of hydrogen-bond acceptors (Lipinski definition) is 4. The van der Waals surface area contributed by atoms with Crippen LogP contribution in [0.4, 0.5) is 0 Å². The Labute approximate surface area is 162 Å². The van der Waals surface area contributed by atoms with Crippen molar-refractivity contribution in [1.82, 2.24) is 4.90 Å². The molecule has 5 nitrogen and oxygen atoms in total. The summed E-state index contributed by atoms with van der Waals surface area (Å²) in [6, 6.07) is 9.71. The molecule has 0 N–H and O–H groups in total. The van der Waals surface area contributed by atoms with Crippen molar-refractivity contribution < 1.29 is 19.1 Å². The number of rotatable bonds is 9. The Bertz CT molecular complexity index is 643. The second kappa shape index (κ2) is 10.2. The number of esters is 1. The highest BCUT2D eigenvalue weighted by atomic mass is 16.5. The maximum atomic E-state index is 12.9. The van der Waals surface area contributed by atoms with Gasteiger partial charge in [-0.15, -0.1) is 0 Å². The van der Waals surface area contributed by atoms with Gasteiger partial charge in [0.25, 0.3) is 0 Å². The number of ether oxygens (including phenoxy) is 1. The predicted octanol–water partition coefficient (Wildman–Crippen LogP) is 3.40. The molecule has 3 unspecified atom stereocenters. The number of amides is 1. The highest BCUT2D eigenvalue weighted by Gasteiger charge is 2.35. The molecule has 148 valence electrons. The second-order valence-electron chi connectivity index (χ2n) is 7.41. The van der Waals surface area contributed by atoms with E-state index in [2.05, 4.69) is 0 Å². The molecule has 1 aliphatic heterocycles. The van der Waals surface area contributed by atoms with E-state index in [1.165, 1.54) is 5.56 Å². The molecule has 0 aliphatic carbocycles. The average molecular weight is 373 g/mol. The van der Waals surface area contributed by atoms with Crippen LogP contribution in [0.15, 0.2) is 30.3 Å². The van der Waals surface area contributed by atoms with Crippen LogP contribution in [0.2, 0.25) is 0 Å². The van der Waals surface area contributed by atoms with Crippen molar-refractivity contribution in [2.24, 2.45) is 11.8 Å². The number of Topliss-reactive ketones (excluding diaryl/α,β-unsaturated/α-hetero) is 1. The molecule has 0 spiro atoms. The van der Waals surface area contributed by atoms with Crippen molar-refractivity contribution >= 4 is 17.7 Å². The number of nitrogens with zero attached hydrogens (tertiary/aromatic N) is 1. The molecule has 5 heteroatoms. The van der Waals surface area contributed by atoms with Crippen LogP contribution in [0.25, 0.3) is 0 Å². The molecule has 1 amide bonds. The van der Waals surface area contributed by atoms with E-state index in [1.807, 2.05) is 37.3 Å². The van der Waals surface area contributed by atoms with Gasteiger partial charge in [0.15, 0.2) is 5.78 Å². The molecule has 0 bridgehead atoms. The van der Waals surface area contributed by atoms with Crippen LogP contribution in [-0.2, 0) is 25.5 Å². The summed E-state index contributed by atoms with van der Waals surface area (Å²) in [5.41, 5.74) is 1.17. The lowest BCUT2D eigenvalue weighted by Gasteiger charge is -2.27. The number of aryl methyl sites for hydroxylation is 1. The van der Waals surface area contributed by atoms with Crippen molar-refractivity contribution in [3.05, 3.63) is 35.9 Å². The maximum absolute atomic E-state index is 12.9. The Balaban J connectivity index is 2.01. The standard InChI is InChI=1S/C22H31NO4/c1-4-27-22(26)19(13-12-18-9-6-5-7-10-18)15-16(2)21(25)23-14-8-11-20(23)17(3)24/h5-7,9-10,16,19-20H,4,8,11-15H2,1-3H3. The molecule has 0 aromatic heterocycles.